The van der Waals surface area contributed by atoms with E-state index in [1.54, 1.807) is 0 Å². The fraction of sp³-hybridized carbons (Fsp3) is 0. The predicted molar refractivity (Wildman–Crippen MR) is 48.8 cm³/mol. The highest BCUT2D eigenvalue weighted by molar-refractivity contribution is 5.39. The second kappa shape index (κ2) is 4.34. The van der Waals surface area contributed by atoms with Crippen LogP contribution in [0.4, 0.5) is 0 Å². The molecule has 0 heterocycles. The van der Waals surface area contributed by atoms with Gasteiger partial charge in [0.25, 0.3) is 0 Å². The summed E-state index contributed by atoms with van der Waals surface area (Å²) in [6, 6.07) is 0. The highest BCUT2D eigenvalue weighted by Crippen LogP contribution is 2.03. The lowest BCUT2D eigenvalue weighted by Gasteiger charge is -1.86. The maximum absolute atomic E-state index is 5.20. The van der Waals surface area contributed by atoms with Gasteiger partial charge in [-0.2, -0.15) is 0 Å². The van der Waals surface area contributed by atoms with E-state index in [4.69, 9.17) is 5.73 Å². The molecule has 1 aliphatic carbocycles. The van der Waals surface area contributed by atoms with Gasteiger partial charge in [-0.3, -0.25) is 0 Å². The Labute approximate surface area is 66.9 Å². The lowest BCUT2D eigenvalue weighted by atomic mass is 10.2. The van der Waals surface area contributed by atoms with E-state index >= 15 is 0 Å². The van der Waals surface area contributed by atoms with Crippen LogP contribution in [0.15, 0.2) is 60.4 Å². The Kier molecular flexibility index (Phi) is 3.00. The van der Waals surface area contributed by atoms with Crippen molar-refractivity contribution >= 4 is 0 Å². The Balaban J connectivity index is 2.74. The maximum Gasteiger partial charge on any atom is -0.00622 e. The summed E-state index contributed by atoms with van der Waals surface area (Å²) in [5.41, 5.74) is 6.35. The molecule has 0 aromatic rings. The molecule has 1 aliphatic rings. The topological polar surface area (TPSA) is 26.0 Å². The van der Waals surface area contributed by atoms with Crippen molar-refractivity contribution in [1.82, 2.24) is 0 Å². The monoisotopic (exact) mass is 145 g/mol. The Bertz CT molecular complexity index is 234. The normalized spacial score (nSPS) is 15.8. The molecule has 0 aliphatic heterocycles. The fourth-order valence-electron chi connectivity index (χ4n) is 0.795. The molecule has 0 radical (unpaired) electrons. The van der Waals surface area contributed by atoms with Gasteiger partial charge in [-0.05, 0) is 17.8 Å². The fourth-order valence-corrected chi connectivity index (χ4v) is 0.795. The Morgan fingerprint density at radius 3 is 2.18 bits per heavy atom. The van der Waals surface area contributed by atoms with Crippen molar-refractivity contribution in [2.45, 2.75) is 0 Å². The molecule has 0 aromatic carbocycles. The summed E-state index contributed by atoms with van der Waals surface area (Å²) in [6.45, 7) is 0. The van der Waals surface area contributed by atoms with Gasteiger partial charge in [0.05, 0.1) is 0 Å². The van der Waals surface area contributed by atoms with Crippen molar-refractivity contribution in [1.29, 1.82) is 0 Å². The van der Waals surface area contributed by atoms with Gasteiger partial charge < -0.3 is 5.73 Å². The van der Waals surface area contributed by atoms with Crippen molar-refractivity contribution in [3.8, 4) is 0 Å². The second-order valence-corrected chi connectivity index (χ2v) is 2.15. The third-order valence-corrected chi connectivity index (χ3v) is 1.31. The van der Waals surface area contributed by atoms with E-state index in [1.165, 1.54) is 6.20 Å². The SMILES string of the molecule is N/C=C/C=C1C=CC=CC=C1. The van der Waals surface area contributed by atoms with Crippen LogP contribution in [-0.2, 0) is 0 Å². The van der Waals surface area contributed by atoms with Gasteiger partial charge in [-0.1, -0.05) is 42.5 Å². The van der Waals surface area contributed by atoms with Gasteiger partial charge in [0.1, 0.15) is 0 Å². The van der Waals surface area contributed by atoms with Crippen LogP contribution in [0.2, 0.25) is 0 Å². The molecule has 0 saturated carbocycles. The summed E-state index contributed by atoms with van der Waals surface area (Å²) in [5, 5.41) is 0. The molecule has 0 amide bonds. The standard InChI is InChI=1S/C10H11N/c11-9-5-8-10-6-3-1-2-4-7-10/h1-9H,11H2/b9-5+. The van der Waals surface area contributed by atoms with E-state index in [2.05, 4.69) is 0 Å². The molecule has 0 atom stereocenters. The predicted octanol–water partition coefficient (Wildman–Crippen LogP) is 2.07. The van der Waals surface area contributed by atoms with Gasteiger partial charge in [0, 0.05) is 0 Å². The van der Waals surface area contributed by atoms with Crippen molar-refractivity contribution < 1.29 is 0 Å². The van der Waals surface area contributed by atoms with Crippen molar-refractivity contribution in [2.75, 3.05) is 0 Å². The zero-order valence-corrected chi connectivity index (χ0v) is 6.27. The molecular formula is C10H11N. The molecule has 1 rings (SSSR count). The van der Waals surface area contributed by atoms with Gasteiger partial charge in [-0.15, -0.1) is 0 Å². The first-order valence-electron chi connectivity index (χ1n) is 3.53. The number of hydrogen-bond donors (Lipinski definition) is 1. The summed E-state index contributed by atoms with van der Waals surface area (Å²) < 4.78 is 0. The van der Waals surface area contributed by atoms with Crippen LogP contribution in [0.25, 0.3) is 0 Å². The van der Waals surface area contributed by atoms with Crippen LogP contribution >= 0.6 is 0 Å². The van der Waals surface area contributed by atoms with E-state index in [0.29, 0.717) is 0 Å². The summed E-state index contributed by atoms with van der Waals surface area (Å²) >= 11 is 0. The van der Waals surface area contributed by atoms with E-state index in [1.807, 2.05) is 48.6 Å². The number of allylic oxidation sites excluding steroid dienone is 9. The lowest BCUT2D eigenvalue weighted by Crippen LogP contribution is -1.74. The number of rotatable bonds is 1. The van der Waals surface area contributed by atoms with Crippen molar-refractivity contribution in [3.63, 3.8) is 0 Å². The first kappa shape index (κ1) is 7.61. The van der Waals surface area contributed by atoms with Crippen LogP contribution in [0.5, 0.6) is 0 Å². The quantitative estimate of drug-likeness (QED) is 0.600. The first-order valence-corrected chi connectivity index (χ1v) is 3.53. The Morgan fingerprint density at radius 1 is 1.00 bits per heavy atom. The van der Waals surface area contributed by atoms with Gasteiger partial charge in [-0.25, -0.2) is 0 Å². The molecule has 0 unspecified atom stereocenters. The average Bonchev–Trinajstić information content (AvgIpc) is 2.28. The summed E-state index contributed by atoms with van der Waals surface area (Å²) in [4.78, 5) is 0. The molecule has 11 heavy (non-hydrogen) atoms. The molecule has 0 saturated heterocycles. The summed E-state index contributed by atoms with van der Waals surface area (Å²) in [6.07, 6.45) is 17.3. The van der Waals surface area contributed by atoms with Crippen LogP contribution in [-0.4, -0.2) is 0 Å². The van der Waals surface area contributed by atoms with E-state index in [0.717, 1.165) is 5.57 Å². The Morgan fingerprint density at radius 2 is 1.64 bits per heavy atom. The minimum absolute atomic E-state index is 1.15. The average molecular weight is 145 g/mol. The molecule has 2 N–H and O–H groups in total. The van der Waals surface area contributed by atoms with Crippen LogP contribution in [0, 0.1) is 0 Å². The third kappa shape index (κ3) is 2.72. The molecule has 0 aromatic heterocycles. The highest BCUT2D eigenvalue weighted by Gasteiger charge is 1.83. The van der Waals surface area contributed by atoms with Crippen molar-refractivity contribution in [2.24, 2.45) is 5.73 Å². The third-order valence-electron chi connectivity index (χ3n) is 1.31. The largest absolute Gasteiger partial charge is 0.405 e. The summed E-state index contributed by atoms with van der Waals surface area (Å²) in [5.74, 6) is 0. The zero-order valence-electron chi connectivity index (χ0n) is 6.27. The van der Waals surface area contributed by atoms with Gasteiger partial charge in [0.2, 0.25) is 0 Å². The molecular weight excluding hydrogens is 134 g/mol. The lowest BCUT2D eigenvalue weighted by molar-refractivity contribution is 1.58. The van der Waals surface area contributed by atoms with Crippen molar-refractivity contribution in [3.05, 3.63) is 60.4 Å². The molecule has 1 nitrogen and oxygen atoms in total. The van der Waals surface area contributed by atoms with E-state index < -0.39 is 0 Å². The number of hydrogen-bond acceptors (Lipinski definition) is 1. The molecule has 0 spiro atoms. The maximum atomic E-state index is 5.20. The van der Waals surface area contributed by atoms with E-state index in [-0.39, 0.29) is 0 Å². The van der Waals surface area contributed by atoms with Crippen LogP contribution in [0.1, 0.15) is 0 Å². The van der Waals surface area contributed by atoms with E-state index in [9.17, 15) is 0 Å². The molecule has 0 bridgehead atoms. The van der Waals surface area contributed by atoms with Gasteiger partial charge in [0.15, 0.2) is 0 Å². The smallest absolute Gasteiger partial charge is 0.00622 e. The van der Waals surface area contributed by atoms with Crippen LogP contribution in [0.3, 0.4) is 0 Å². The zero-order chi connectivity index (χ0) is 7.94. The summed E-state index contributed by atoms with van der Waals surface area (Å²) in [7, 11) is 0. The molecule has 56 valence electrons. The Hall–Kier alpha value is -1.50. The van der Waals surface area contributed by atoms with Crippen LogP contribution < -0.4 is 5.73 Å². The highest BCUT2D eigenvalue weighted by atomic mass is 14.5. The second-order valence-electron chi connectivity index (χ2n) is 2.15. The molecule has 1 heteroatoms. The van der Waals surface area contributed by atoms with Gasteiger partial charge >= 0.3 is 0 Å². The number of nitrogens with two attached hydrogens (primary N) is 1. The minimum atomic E-state index is 1.15. The minimum Gasteiger partial charge on any atom is -0.405 e. The molecule has 0 fully saturated rings. The first-order chi connectivity index (χ1) is 5.43.